The van der Waals surface area contributed by atoms with Crippen molar-refractivity contribution >= 4 is 5.91 Å². The lowest BCUT2D eigenvalue weighted by atomic mass is 9.53. The normalized spacial score (nSPS) is 32.5. The number of nitrogens with two attached hydrogens (primary N) is 1. The second-order valence-electron chi connectivity index (χ2n) is 8.35. The molecule has 26 heavy (non-hydrogen) atoms. The van der Waals surface area contributed by atoms with Gasteiger partial charge in [0, 0.05) is 17.6 Å². The largest absolute Gasteiger partial charge is 0.487 e. The van der Waals surface area contributed by atoms with E-state index in [0.29, 0.717) is 11.3 Å². The van der Waals surface area contributed by atoms with Crippen molar-refractivity contribution in [1.82, 2.24) is 5.32 Å². The lowest BCUT2D eigenvalue weighted by molar-refractivity contribution is -0.0167. The number of ether oxygens (including phenoxy) is 1. The summed E-state index contributed by atoms with van der Waals surface area (Å²) >= 11 is 0. The van der Waals surface area contributed by atoms with Gasteiger partial charge < -0.3 is 15.8 Å². The molecule has 3 N–H and O–H groups in total. The monoisotopic (exact) mass is 358 g/mol. The van der Waals surface area contributed by atoms with Crippen molar-refractivity contribution in [3.8, 4) is 5.75 Å². The molecule has 4 fully saturated rings. The smallest absolute Gasteiger partial charge is 0.251 e. The van der Waals surface area contributed by atoms with Gasteiger partial charge in [0.1, 0.15) is 18.2 Å². The lowest BCUT2D eigenvalue weighted by Crippen LogP contribution is -2.59. The van der Waals surface area contributed by atoms with E-state index >= 15 is 0 Å². The zero-order valence-corrected chi connectivity index (χ0v) is 15.0. The van der Waals surface area contributed by atoms with Gasteiger partial charge in [0.2, 0.25) is 0 Å². The van der Waals surface area contributed by atoms with Gasteiger partial charge in [-0.2, -0.15) is 0 Å². The van der Waals surface area contributed by atoms with Gasteiger partial charge in [0.25, 0.3) is 5.91 Å². The van der Waals surface area contributed by atoms with Crippen LogP contribution in [-0.4, -0.2) is 24.6 Å². The van der Waals surface area contributed by atoms with E-state index in [2.05, 4.69) is 5.32 Å². The Hall–Kier alpha value is -1.88. The number of halogens is 1. The molecular weight excluding hydrogens is 331 g/mol. The topological polar surface area (TPSA) is 64.3 Å². The van der Waals surface area contributed by atoms with Gasteiger partial charge in [0.15, 0.2) is 0 Å². The van der Waals surface area contributed by atoms with E-state index in [4.69, 9.17) is 10.5 Å². The maximum absolute atomic E-state index is 13.3. The molecule has 1 aromatic rings. The van der Waals surface area contributed by atoms with Gasteiger partial charge in [-0.05, 0) is 86.6 Å². The van der Waals surface area contributed by atoms with E-state index in [1.54, 1.807) is 24.3 Å². The Labute approximate surface area is 154 Å². The molecule has 1 amide bonds. The highest BCUT2D eigenvalue weighted by Gasteiger charge is 2.51. The molecule has 0 aromatic heterocycles. The van der Waals surface area contributed by atoms with E-state index in [-0.39, 0.29) is 24.6 Å². The van der Waals surface area contributed by atoms with E-state index in [1.807, 2.05) is 0 Å². The van der Waals surface area contributed by atoms with Crippen LogP contribution in [-0.2, 0) is 0 Å². The van der Waals surface area contributed by atoms with E-state index in [1.165, 1.54) is 25.3 Å². The zero-order chi connectivity index (χ0) is 18.1. The van der Waals surface area contributed by atoms with Crippen molar-refractivity contribution < 1.29 is 13.9 Å². The summed E-state index contributed by atoms with van der Waals surface area (Å²) in [6.45, 7) is 0.00857. The fraction of sp³-hybridized carbons (Fsp3) is 0.571. The van der Waals surface area contributed by atoms with E-state index < -0.39 is 5.83 Å². The van der Waals surface area contributed by atoms with Crippen LogP contribution >= 0.6 is 0 Å². The lowest BCUT2D eigenvalue weighted by Gasteiger charge is -2.56. The molecule has 4 saturated carbocycles. The first-order valence-electron chi connectivity index (χ1n) is 9.65. The summed E-state index contributed by atoms with van der Waals surface area (Å²) in [6, 6.07) is 6.92. The van der Waals surface area contributed by atoms with E-state index in [9.17, 15) is 9.18 Å². The van der Waals surface area contributed by atoms with Crippen LogP contribution < -0.4 is 15.8 Å². The molecule has 0 aliphatic heterocycles. The van der Waals surface area contributed by atoms with Crippen LogP contribution in [0.5, 0.6) is 5.75 Å². The predicted octanol–water partition coefficient (Wildman–Crippen LogP) is 3.58. The highest BCUT2D eigenvalue weighted by atomic mass is 19.1. The predicted molar refractivity (Wildman–Crippen MR) is 98.6 cm³/mol. The molecule has 0 unspecified atom stereocenters. The van der Waals surface area contributed by atoms with Gasteiger partial charge in [0.05, 0.1) is 0 Å². The van der Waals surface area contributed by atoms with Crippen LogP contribution in [0.2, 0.25) is 0 Å². The molecule has 4 aliphatic rings. The quantitative estimate of drug-likeness (QED) is 0.817. The summed E-state index contributed by atoms with van der Waals surface area (Å²) in [6.07, 6.45) is 8.77. The van der Waals surface area contributed by atoms with Gasteiger partial charge in [-0.15, -0.1) is 0 Å². The molecule has 4 aliphatic carbocycles. The van der Waals surface area contributed by atoms with Crippen molar-refractivity contribution in [2.24, 2.45) is 23.5 Å². The van der Waals surface area contributed by atoms with Gasteiger partial charge in [-0.3, -0.25) is 4.79 Å². The Kier molecular flexibility index (Phi) is 4.74. The maximum atomic E-state index is 13.3. The van der Waals surface area contributed by atoms with Crippen LogP contribution in [0.4, 0.5) is 4.39 Å². The van der Waals surface area contributed by atoms with Gasteiger partial charge >= 0.3 is 0 Å². The molecule has 0 radical (unpaired) electrons. The minimum Gasteiger partial charge on any atom is -0.487 e. The molecule has 140 valence electrons. The van der Waals surface area contributed by atoms with Crippen LogP contribution in [0, 0.1) is 17.8 Å². The Balaban J connectivity index is 1.37. The zero-order valence-electron chi connectivity index (χ0n) is 15.0. The summed E-state index contributed by atoms with van der Waals surface area (Å²) in [7, 11) is 0. The number of nitrogens with one attached hydrogen (secondary N) is 1. The average Bonchev–Trinajstić information content (AvgIpc) is 2.59. The molecule has 1 aromatic carbocycles. The van der Waals surface area contributed by atoms with Crippen molar-refractivity contribution in [2.45, 2.75) is 44.1 Å². The first kappa shape index (κ1) is 17.5. The maximum Gasteiger partial charge on any atom is 0.251 e. The summed E-state index contributed by atoms with van der Waals surface area (Å²) in [4.78, 5) is 12.8. The molecule has 0 spiro atoms. The number of hydrogen-bond acceptors (Lipinski definition) is 3. The first-order valence-corrected chi connectivity index (χ1v) is 9.65. The number of rotatable bonds is 6. The third-order valence-corrected chi connectivity index (χ3v) is 6.25. The van der Waals surface area contributed by atoms with Gasteiger partial charge in [-0.1, -0.05) is 0 Å². The highest BCUT2D eigenvalue weighted by Crippen LogP contribution is 2.55. The number of carbonyl (C=O) groups excluding carboxylic acids is 1. The Morgan fingerprint density at radius 2 is 1.73 bits per heavy atom. The van der Waals surface area contributed by atoms with Crippen LogP contribution in [0.25, 0.3) is 0 Å². The molecule has 4 nitrogen and oxygen atoms in total. The van der Waals surface area contributed by atoms with Crippen molar-refractivity contribution in [3.05, 3.63) is 41.7 Å². The molecule has 5 rings (SSSR count). The SMILES string of the molecule is NC/C=C(\F)COc1ccc(C(=O)NC23CC4CC(CC(C4)C2)C3)cc1. The van der Waals surface area contributed by atoms with Crippen LogP contribution in [0.15, 0.2) is 36.2 Å². The second-order valence-corrected chi connectivity index (χ2v) is 8.35. The fourth-order valence-electron chi connectivity index (χ4n) is 5.62. The summed E-state index contributed by atoms with van der Waals surface area (Å²) in [5.74, 6) is 2.54. The summed E-state index contributed by atoms with van der Waals surface area (Å²) in [5.41, 5.74) is 5.90. The number of carbonyl (C=O) groups is 1. The molecule has 0 heterocycles. The highest BCUT2D eigenvalue weighted by molar-refractivity contribution is 5.94. The number of amides is 1. The molecule has 5 heteroatoms. The number of benzene rings is 1. The fourth-order valence-corrected chi connectivity index (χ4v) is 5.62. The molecule has 0 saturated heterocycles. The summed E-state index contributed by atoms with van der Waals surface area (Å²) < 4.78 is 18.7. The number of hydrogen-bond donors (Lipinski definition) is 2. The van der Waals surface area contributed by atoms with Gasteiger partial charge in [-0.25, -0.2) is 4.39 Å². The first-order chi connectivity index (χ1) is 12.5. The van der Waals surface area contributed by atoms with Crippen molar-refractivity contribution in [2.75, 3.05) is 13.2 Å². The van der Waals surface area contributed by atoms with Crippen LogP contribution in [0.1, 0.15) is 48.9 Å². The second kappa shape index (κ2) is 7.03. The Morgan fingerprint density at radius 3 is 2.27 bits per heavy atom. The van der Waals surface area contributed by atoms with E-state index in [0.717, 1.165) is 37.0 Å². The third-order valence-electron chi connectivity index (χ3n) is 6.25. The molecule has 0 atom stereocenters. The van der Waals surface area contributed by atoms with Crippen LogP contribution in [0.3, 0.4) is 0 Å². The average molecular weight is 358 g/mol. The molecular formula is C21H27FN2O2. The Bertz CT molecular complexity index is 663. The molecule has 4 bridgehead atoms. The minimum atomic E-state index is -0.392. The van der Waals surface area contributed by atoms with Crippen molar-refractivity contribution in [1.29, 1.82) is 0 Å². The minimum absolute atomic E-state index is 0.00675. The Morgan fingerprint density at radius 1 is 1.15 bits per heavy atom. The van der Waals surface area contributed by atoms with Crippen molar-refractivity contribution in [3.63, 3.8) is 0 Å². The standard InChI is InChI=1S/C21H27FN2O2/c22-18(5-6-23)13-26-19-3-1-17(2-4-19)20(25)24-21-10-14-7-15(11-21)9-16(8-14)12-21/h1-5,14-16H,6-13,23H2,(H,24,25)/b18-5-. The third kappa shape index (κ3) is 3.63. The summed E-state index contributed by atoms with van der Waals surface area (Å²) in [5, 5.41) is 3.36.